The van der Waals surface area contributed by atoms with Crippen molar-refractivity contribution in [2.24, 2.45) is 0 Å². The minimum absolute atomic E-state index is 0.0731. The average Bonchev–Trinajstić information content (AvgIpc) is 2.75. The highest BCUT2D eigenvalue weighted by Gasteiger charge is 2.24. The fraction of sp³-hybridized carbons (Fsp3) is 0.136. The largest absolute Gasteiger partial charge is 0.495 e. The molecular formula is C22H21BrN2O4S. The number of sulfonamides is 1. The van der Waals surface area contributed by atoms with Crippen LogP contribution in [0.25, 0.3) is 0 Å². The van der Waals surface area contributed by atoms with Crippen LogP contribution in [0.5, 0.6) is 5.75 Å². The summed E-state index contributed by atoms with van der Waals surface area (Å²) < 4.78 is 33.2. The molecule has 0 bridgehead atoms. The molecule has 1 amide bonds. The quantitative estimate of drug-likeness (QED) is 0.538. The van der Waals surface area contributed by atoms with Crippen LogP contribution in [0.3, 0.4) is 0 Å². The van der Waals surface area contributed by atoms with E-state index >= 15 is 0 Å². The van der Waals surface area contributed by atoms with E-state index in [-0.39, 0.29) is 10.8 Å². The van der Waals surface area contributed by atoms with Crippen LogP contribution in [0.1, 0.15) is 15.9 Å². The number of hydrogen-bond donors (Lipinski definition) is 1. The Balaban J connectivity index is 1.82. The fourth-order valence-electron chi connectivity index (χ4n) is 2.87. The number of methoxy groups -OCH3 is 1. The van der Waals surface area contributed by atoms with Crippen LogP contribution in [0.15, 0.2) is 76.1 Å². The van der Waals surface area contributed by atoms with E-state index in [0.717, 1.165) is 14.3 Å². The summed E-state index contributed by atoms with van der Waals surface area (Å²) in [6.45, 7) is 1.96. The van der Waals surface area contributed by atoms with Gasteiger partial charge in [0.2, 0.25) is 0 Å². The number of hydrogen-bond acceptors (Lipinski definition) is 4. The Hall–Kier alpha value is -2.84. The molecule has 3 aromatic rings. The molecule has 0 aliphatic heterocycles. The third-order valence-corrected chi connectivity index (χ3v) is 7.01. The monoisotopic (exact) mass is 488 g/mol. The summed E-state index contributed by atoms with van der Waals surface area (Å²) in [5.74, 6) is 0.116. The number of anilines is 2. The maximum absolute atomic E-state index is 13.0. The molecule has 0 aromatic heterocycles. The van der Waals surface area contributed by atoms with Crippen LogP contribution in [0.4, 0.5) is 11.4 Å². The molecule has 3 aromatic carbocycles. The number of carbonyl (C=O) groups excluding carboxylic acids is 1. The van der Waals surface area contributed by atoms with Crippen LogP contribution in [-0.4, -0.2) is 28.5 Å². The molecule has 3 rings (SSSR count). The maximum Gasteiger partial charge on any atom is 0.264 e. The van der Waals surface area contributed by atoms with E-state index in [1.54, 1.807) is 30.3 Å². The minimum atomic E-state index is -3.82. The Morgan fingerprint density at radius 2 is 1.70 bits per heavy atom. The first kappa shape index (κ1) is 21.9. The number of amides is 1. The van der Waals surface area contributed by atoms with Gasteiger partial charge in [0.15, 0.2) is 0 Å². The molecule has 0 fully saturated rings. The predicted molar refractivity (Wildman–Crippen MR) is 122 cm³/mol. The van der Waals surface area contributed by atoms with Crippen LogP contribution in [0, 0.1) is 6.92 Å². The lowest BCUT2D eigenvalue weighted by molar-refractivity contribution is 0.102. The smallest absolute Gasteiger partial charge is 0.264 e. The second-order valence-corrected chi connectivity index (χ2v) is 9.43. The molecule has 0 radical (unpaired) electrons. The Bertz CT molecular complexity index is 1180. The minimum Gasteiger partial charge on any atom is -0.495 e. The molecule has 0 spiro atoms. The summed E-state index contributed by atoms with van der Waals surface area (Å²) in [5, 5.41) is 2.81. The highest BCUT2D eigenvalue weighted by atomic mass is 79.9. The molecule has 0 aliphatic carbocycles. The van der Waals surface area contributed by atoms with Crippen molar-refractivity contribution < 1.29 is 17.9 Å². The normalized spacial score (nSPS) is 11.1. The summed E-state index contributed by atoms with van der Waals surface area (Å²) in [6.07, 6.45) is 0. The number of rotatable bonds is 6. The number of para-hydroxylation sites is 2. The topological polar surface area (TPSA) is 75.7 Å². The van der Waals surface area contributed by atoms with Gasteiger partial charge in [0.1, 0.15) is 5.75 Å². The zero-order valence-electron chi connectivity index (χ0n) is 16.7. The van der Waals surface area contributed by atoms with Crippen LogP contribution in [-0.2, 0) is 10.0 Å². The van der Waals surface area contributed by atoms with Gasteiger partial charge in [0.05, 0.1) is 23.4 Å². The molecule has 156 valence electrons. The molecule has 6 nitrogen and oxygen atoms in total. The number of nitrogens with one attached hydrogen (secondary N) is 1. The average molecular weight is 489 g/mol. The molecule has 30 heavy (non-hydrogen) atoms. The summed E-state index contributed by atoms with van der Waals surface area (Å²) in [6, 6.07) is 18.3. The number of aryl methyl sites for hydroxylation is 1. The molecule has 0 unspecified atom stereocenters. The Kier molecular flexibility index (Phi) is 6.48. The van der Waals surface area contributed by atoms with Crippen molar-refractivity contribution >= 4 is 43.2 Å². The Morgan fingerprint density at radius 1 is 1.03 bits per heavy atom. The molecule has 1 N–H and O–H groups in total. The lowest BCUT2D eigenvalue weighted by atomic mass is 10.2. The van der Waals surface area contributed by atoms with Gasteiger partial charge in [-0.3, -0.25) is 9.10 Å². The molecule has 0 aliphatic rings. The lowest BCUT2D eigenvalue weighted by Crippen LogP contribution is -2.27. The van der Waals surface area contributed by atoms with E-state index < -0.39 is 10.0 Å². The first-order valence-corrected chi connectivity index (χ1v) is 11.3. The molecule has 8 heteroatoms. The van der Waals surface area contributed by atoms with E-state index in [1.165, 1.54) is 38.4 Å². The maximum atomic E-state index is 13.0. The van der Waals surface area contributed by atoms with Crippen molar-refractivity contribution in [3.63, 3.8) is 0 Å². The van der Waals surface area contributed by atoms with Crippen molar-refractivity contribution in [1.82, 2.24) is 0 Å². The van der Waals surface area contributed by atoms with E-state index in [9.17, 15) is 13.2 Å². The summed E-state index contributed by atoms with van der Waals surface area (Å²) in [4.78, 5) is 12.6. The van der Waals surface area contributed by atoms with Gasteiger partial charge in [-0.1, -0.05) is 18.2 Å². The number of halogens is 1. The summed E-state index contributed by atoms with van der Waals surface area (Å²) in [5.41, 5.74) is 2.47. The Morgan fingerprint density at radius 3 is 2.33 bits per heavy atom. The highest BCUT2D eigenvalue weighted by molar-refractivity contribution is 9.10. The fourth-order valence-corrected chi connectivity index (χ4v) is 4.67. The van der Waals surface area contributed by atoms with Crippen LogP contribution >= 0.6 is 15.9 Å². The zero-order valence-corrected chi connectivity index (χ0v) is 19.1. The lowest BCUT2D eigenvalue weighted by Gasteiger charge is -2.21. The van der Waals surface area contributed by atoms with Gasteiger partial charge in [-0.2, -0.15) is 0 Å². The SMILES string of the molecule is COc1ccccc1N(C)S(=O)(=O)c1ccc(C(=O)Nc2ccc(C)cc2Br)cc1. The summed E-state index contributed by atoms with van der Waals surface area (Å²) >= 11 is 3.43. The first-order chi connectivity index (χ1) is 14.2. The molecule has 0 heterocycles. The van der Waals surface area contributed by atoms with Gasteiger partial charge in [0, 0.05) is 17.1 Å². The standard InChI is InChI=1S/C22H21BrN2O4S/c1-15-8-13-19(18(23)14-15)24-22(26)16-9-11-17(12-10-16)30(27,28)25(2)20-6-4-5-7-21(20)29-3/h4-14H,1-3H3,(H,24,26). The number of carbonyl (C=O) groups is 1. The van der Waals surface area contributed by atoms with Crippen molar-refractivity contribution in [2.75, 3.05) is 23.8 Å². The second kappa shape index (κ2) is 8.89. The Labute approximate surface area is 184 Å². The number of ether oxygens (including phenoxy) is 1. The van der Waals surface area contributed by atoms with E-state index in [0.29, 0.717) is 22.7 Å². The van der Waals surface area contributed by atoms with Crippen molar-refractivity contribution in [3.05, 3.63) is 82.3 Å². The van der Waals surface area contributed by atoms with E-state index in [2.05, 4.69) is 21.2 Å². The molecular weight excluding hydrogens is 468 g/mol. The van der Waals surface area contributed by atoms with Crippen LogP contribution < -0.4 is 14.4 Å². The van der Waals surface area contributed by atoms with Gasteiger partial charge >= 0.3 is 0 Å². The van der Waals surface area contributed by atoms with E-state index in [4.69, 9.17) is 4.74 Å². The first-order valence-electron chi connectivity index (χ1n) is 9.03. The second-order valence-electron chi connectivity index (χ2n) is 6.61. The van der Waals surface area contributed by atoms with Gasteiger partial charge in [-0.05, 0) is 76.9 Å². The summed E-state index contributed by atoms with van der Waals surface area (Å²) in [7, 11) is -0.877. The van der Waals surface area contributed by atoms with Gasteiger partial charge in [0.25, 0.3) is 15.9 Å². The predicted octanol–water partition coefficient (Wildman–Crippen LogP) is 4.84. The van der Waals surface area contributed by atoms with Gasteiger partial charge in [-0.25, -0.2) is 8.42 Å². The highest BCUT2D eigenvalue weighted by Crippen LogP contribution is 2.31. The number of benzene rings is 3. The third kappa shape index (κ3) is 4.49. The van der Waals surface area contributed by atoms with Crippen molar-refractivity contribution in [2.45, 2.75) is 11.8 Å². The van der Waals surface area contributed by atoms with Gasteiger partial charge < -0.3 is 10.1 Å². The van der Waals surface area contributed by atoms with Crippen LogP contribution in [0.2, 0.25) is 0 Å². The van der Waals surface area contributed by atoms with Gasteiger partial charge in [-0.15, -0.1) is 0 Å². The molecule has 0 saturated heterocycles. The van der Waals surface area contributed by atoms with Crippen molar-refractivity contribution in [3.8, 4) is 5.75 Å². The molecule has 0 saturated carbocycles. The zero-order chi connectivity index (χ0) is 21.9. The number of nitrogens with zero attached hydrogens (tertiary/aromatic N) is 1. The third-order valence-electron chi connectivity index (χ3n) is 4.57. The van der Waals surface area contributed by atoms with Crippen molar-refractivity contribution in [1.29, 1.82) is 0 Å². The van der Waals surface area contributed by atoms with E-state index in [1.807, 2.05) is 19.1 Å². The molecule has 0 atom stereocenters.